The number of fused-ring (bicyclic) bond motifs is 2. The van der Waals surface area contributed by atoms with Gasteiger partial charge < -0.3 is 34.4 Å². The Labute approximate surface area is 299 Å². The number of nitrogens with one attached hydrogen (secondary N) is 1. The van der Waals surface area contributed by atoms with Crippen LogP contribution < -0.4 is 19.7 Å². The monoisotopic (exact) mass is 736 g/mol. The molecule has 0 aliphatic carbocycles. The van der Waals surface area contributed by atoms with Crippen LogP contribution in [0.1, 0.15) is 5.56 Å². The highest BCUT2D eigenvalue weighted by atomic mass is 32.2. The van der Waals surface area contributed by atoms with Crippen LogP contribution in [0.3, 0.4) is 0 Å². The molecule has 0 radical (unpaired) electrons. The number of hydrogen-bond acceptors (Lipinski definition) is 12. The number of hydrogen-bond donors (Lipinski definition) is 2. The van der Waals surface area contributed by atoms with E-state index in [4.69, 9.17) is 23.4 Å². The summed E-state index contributed by atoms with van der Waals surface area (Å²) in [5.74, 6) is 1.32. The summed E-state index contributed by atoms with van der Waals surface area (Å²) in [5, 5.41) is 12.8. The number of pyridine rings is 1. The van der Waals surface area contributed by atoms with Crippen LogP contribution in [-0.2, 0) is 25.6 Å². The zero-order valence-corrected chi connectivity index (χ0v) is 29.9. The predicted octanol–water partition coefficient (Wildman–Crippen LogP) is 5.91. The summed E-state index contributed by atoms with van der Waals surface area (Å²) in [6, 6.07) is 23.5. The van der Waals surface area contributed by atoms with Gasteiger partial charge in [-0.1, -0.05) is 47.8 Å². The van der Waals surface area contributed by atoms with Crippen molar-refractivity contribution in [2.24, 2.45) is 0 Å². The molecule has 2 saturated heterocycles. The second-order valence-corrected chi connectivity index (χ2v) is 15.8. The third-order valence-electron chi connectivity index (χ3n) is 8.53. The SMILES string of the molecule is COc1ccc(COc2cc(N3CCOCC3)cc(-c3cccc4c3Sc3ccc(NC5CN(C(=O)O)CC5OS(C)(=O)=O)cc3S4)n2)cc1. The van der Waals surface area contributed by atoms with Crippen LogP contribution >= 0.6 is 23.5 Å². The van der Waals surface area contributed by atoms with Crippen LogP contribution in [0, 0.1) is 0 Å². The summed E-state index contributed by atoms with van der Waals surface area (Å²) in [5.41, 5.74) is 4.58. The lowest BCUT2D eigenvalue weighted by atomic mass is 10.1. The molecule has 4 aromatic rings. The second kappa shape index (κ2) is 14.6. The fourth-order valence-corrected chi connectivity index (χ4v) is 9.14. The van der Waals surface area contributed by atoms with Gasteiger partial charge >= 0.3 is 6.09 Å². The first-order chi connectivity index (χ1) is 24.1. The van der Waals surface area contributed by atoms with Gasteiger partial charge in [-0.2, -0.15) is 8.42 Å². The highest BCUT2D eigenvalue weighted by Gasteiger charge is 2.38. The second-order valence-electron chi connectivity index (χ2n) is 12.1. The summed E-state index contributed by atoms with van der Waals surface area (Å²) in [6.45, 7) is 3.29. The van der Waals surface area contributed by atoms with Crippen molar-refractivity contribution in [2.45, 2.75) is 38.3 Å². The Morgan fingerprint density at radius 2 is 1.80 bits per heavy atom. The van der Waals surface area contributed by atoms with Crippen molar-refractivity contribution in [2.75, 3.05) is 63.0 Å². The van der Waals surface area contributed by atoms with Crippen molar-refractivity contribution in [1.82, 2.24) is 9.88 Å². The lowest BCUT2D eigenvalue weighted by molar-refractivity contribution is 0.122. The molecule has 2 fully saturated rings. The van der Waals surface area contributed by atoms with Crippen molar-refractivity contribution >= 4 is 51.1 Å². The normalized spacial score (nSPS) is 18.7. The molecular formula is C35H36N4O8S3. The molecule has 50 heavy (non-hydrogen) atoms. The summed E-state index contributed by atoms with van der Waals surface area (Å²) in [4.78, 5) is 24.3. The van der Waals surface area contributed by atoms with Crippen LogP contribution in [-0.4, -0.2) is 94.4 Å². The Hall–Kier alpha value is -4.15. The fourth-order valence-electron chi connectivity index (χ4n) is 6.08. The van der Waals surface area contributed by atoms with Gasteiger partial charge in [0.15, 0.2) is 0 Å². The maximum absolute atomic E-state index is 11.9. The lowest BCUT2D eigenvalue weighted by Gasteiger charge is -2.29. The molecule has 3 aromatic carbocycles. The highest BCUT2D eigenvalue weighted by Crippen LogP contribution is 2.52. The van der Waals surface area contributed by atoms with Gasteiger partial charge in [-0.15, -0.1) is 0 Å². The number of carbonyl (C=O) groups is 1. The third kappa shape index (κ3) is 7.92. The average Bonchev–Trinajstić information content (AvgIpc) is 3.50. The molecule has 2 atom stereocenters. The third-order valence-corrected chi connectivity index (χ3v) is 11.7. The van der Waals surface area contributed by atoms with Gasteiger partial charge in [0.25, 0.3) is 10.1 Å². The smallest absolute Gasteiger partial charge is 0.407 e. The first-order valence-electron chi connectivity index (χ1n) is 16.0. The van der Waals surface area contributed by atoms with Gasteiger partial charge in [-0.05, 0) is 48.0 Å². The summed E-state index contributed by atoms with van der Waals surface area (Å²) in [7, 11) is -2.14. The Morgan fingerprint density at radius 1 is 1.00 bits per heavy atom. The van der Waals surface area contributed by atoms with E-state index < -0.39 is 28.4 Å². The molecule has 1 amide bonds. The Kier molecular flexibility index (Phi) is 10.0. The van der Waals surface area contributed by atoms with Gasteiger partial charge in [-0.3, -0.25) is 4.18 Å². The largest absolute Gasteiger partial charge is 0.497 e. The van der Waals surface area contributed by atoms with E-state index in [1.54, 1.807) is 30.6 Å². The maximum atomic E-state index is 11.9. The minimum Gasteiger partial charge on any atom is -0.497 e. The number of rotatable bonds is 10. The number of ether oxygens (including phenoxy) is 3. The Bertz CT molecular complexity index is 1990. The molecule has 12 nitrogen and oxygen atoms in total. The number of aromatic nitrogens is 1. The molecule has 1 aromatic heterocycles. The Morgan fingerprint density at radius 3 is 2.54 bits per heavy atom. The van der Waals surface area contributed by atoms with Gasteiger partial charge in [0.05, 0.1) is 44.9 Å². The number of likely N-dealkylation sites (tertiary alicyclic amines) is 1. The fraction of sp³-hybridized carbons (Fsp3) is 0.314. The van der Waals surface area contributed by atoms with E-state index in [1.807, 2.05) is 54.6 Å². The van der Waals surface area contributed by atoms with Gasteiger partial charge in [0.2, 0.25) is 5.88 Å². The van der Waals surface area contributed by atoms with Crippen molar-refractivity contribution in [3.8, 4) is 22.9 Å². The molecule has 0 spiro atoms. The Balaban J connectivity index is 1.14. The van der Waals surface area contributed by atoms with Crippen molar-refractivity contribution < 1.29 is 36.7 Å². The van der Waals surface area contributed by atoms with Crippen LogP contribution in [0.4, 0.5) is 16.2 Å². The van der Waals surface area contributed by atoms with E-state index in [-0.39, 0.29) is 13.1 Å². The van der Waals surface area contributed by atoms with Crippen LogP contribution in [0.2, 0.25) is 0 Å². The molecule has 0 saturated carbocycles. The van der Waals surface area contributed by atoms with Gasteiger partial charge in [-0.25, -0.2) is 9.78 Å². The van der Waals surface area contributed by atoms with Gasteiger partial charge in [0.1, 0.15) is 18.5 Å². The molecule has 262 valence electrons. The summed E-state index contributed by atoms with van der Waals surface area (Å²) in [6.07, 6.45) is -0.994. The molecule has 4 heterocycles. The molecule has 2 N–H and O–H groups in total. The number of benzene rings is 3. The van der Waals surface area contributed by atoms with E-state index in [1.165, 1.54) is 0 Å². The average molecular weight is 737 g/mol. The molecule has 0 bridgehead atoms. The predicted molar refractivity (Wildman–Crippen MR) is 191 cm³/mol. The van der Waals surface area contributed by atoms with Crippen LogP contribution in [0.5, 0.6) is 11.6 Å². The van der Waals surface area contributed by atoms with Crippen molar-refractivity contribution in [3.05, 3.63) is 78.4 Å². The number of amides is 1. The summed E-state index contributed by atoms with van der Waals surface area (Å²) >= 11 is 3.30. The minimum absolute atomic E-state index is 0.0409. The van der Waals surface area contributed by atoms with Crippen LogP contribution in [0.15, 0.2) is 92.4 Å². The van der Waals surface area contributed by atoms with E-state index in [9.17, 15) is 18.3 Å². The molecule has 3 aliphatic heterocycles. The van der Waals surface area contributed by atoms with E-state index in [2.05, 4.69) is 28.4 Å². The molecule has 7 rings (SSSR count). The number of anilines is 2. The zero-order valence-electron chi connectivity index (χ0n) is 27.4. The zero-order chi connectivity index (χ0) is 34.8. The number of carboxylic acid groups (broad SMARTS) is 1. The molecule has 15 heteroatoms. The van der Waals surface area contributed by atoms with E-state index in [0.717, 1.165) is 77.8 Å². The molecule has 2 unspecified atom stereocenters. The maximum Gasteiger partial charge on any atom is 0.407 e. The number of nitrogens with zero attached hydrogens (tertiary/aromatic N) is 3. The van der Waals surface area contributed by atoms with Crippen molar-refractivity contribution in [1.29, 1.82) is 0 Å². The first-order valence-corrected chi connectivity index (χ1v) is 19.4. The standard InChI is InChI=1S/C35H36N4O8S3/c1-44-25-9-6-22(7-10-25)21-46-33-18-24(38-12-14-45-15-13-38)17-27(37-33)26-4-3-5-31-34(26)49-30-11-8-23(16-32(30)48-31)36-28-19-39(35(40)41)20-29(28)47-50(2,42)43/h3-11,16-18,28-29,36H,12-15,19-21H2,1-2H3,(H,40,41). The topological polar surface area (TPSA) is 140 Å². The quantitative estimate of drug-likeness (QED) is 0.165. The van der Waals surface area contributed by atoms with Crippen molar-refractivity contribution in [3.63, 3.8) is 0 Å². The minimum atomic E-state index is -3.78. The molecule has 3 aliphatic rings. The van der Waals surface area contributed by atoms with Gasteiger partial charge in [0, 0.05) is 62.2 Å². The summed E-state index contributed by atoms with van der Waals surface area (Å²) < 4.78 is 46.2. The van der Waals surface area contributed by atoms with E-state index >= 15 is 0 Å². The molecular weight excluding hydrogens is 701 g/mol. The van der Waals surface area contributed by atoms with E-state index in [0.29, 0.717) is 25.7 Å². The van der Waals surface area contributed by atoms with Crippen LogP contribution in [0.25, 0.3) is 11.3 Å². The highest BCUT2D eigenvalue weighted by molar-refractivity contribution is 8.05. The first kappa shape index (κ1) is 34.3. The number of morpholine rings is 1. The lowest BCUT2D eigenvalue weighted by Crippen LogP contribution is -2.36. The number of methoxy groups -OCH3 is 1.